The highest BCUT2D eigenvalue weighted by Gasteiger charge is 2.08. The standard InChI is InChI=1S/C15H16BrNO2/c1-9-6-12(16)7-10(2)14(9)17-8-11-4-3-5-13(18)15(11)19/h3-7,17-19H,8H2,1-2H3. The molecule has 3 nitrogen and oxygen atoms in total. The third-order valence-corrected chi connectivity index (χ3v) is 3.51. The van der Waals surface area contributed by atoms with Gasteiger partial charge in [0.15, 0.2) is 11.5 Å². The first kappa shape index (κ1) is 13.7. The molecule has 0 saturated heterocycles. The maximum Gasteiger partial charge on any atom is 0.162 e. The minimum Gasteiger partial charge on any atom is -0.504 e. The fourth-order valence-corrected chi connectivity index (χ4v) is 2.78. The van der Waals surface area contributed by atoms with Gasteiger partial charge in [-0.2, -0.15) is 0 Å². The molecule has 0 saturated carbocycles. The number of hydrogen-bond acceptors (Lipinski definition) is 3. The van der Waals surface area contributed by atoms with E-state index >= 15 is 0 Å². The molecule has 0 atom stereocenters. The zero-order valence-corrected chi connectivity index (χ0v) is 12.5. The average Bonchev–Trinajstić information content (AvgIpc) is 2.33. The number of phenols is 2. The molecule has 0 spiro atoms. The van der Waals surface area contributed by atoms with Gasteiger partial charge in [0, 0.05) is 22.3 Å². The first-order chi connectivity index (χ1) is 8.99. The van der Waals surface area contributed by atoms with Crippen molar-refractivity contribution in [2.75, 3.05) is 5.32 Å². The molecular weight excluding hydrogens is 306 g/mol. The highest BCUT2D eigenvalue weighted by Crippen LogP contribution is 2.30. The lowest BCUT2D eigenvalue weighted by Crippen LogP contribution is -2.03. The largest absolute Gasteiger partial charge is 0.504 e. The molecule has 2 aromatic rings. The van der Waals surface area contributed by atoms with Crippen LogP contribution in [0, 0.1) is 13.8 Å². The quantitative estimate of drug-likeness (QED) is 0.746. The van der Waals surface area contributed by atoms with Crippen LogP contribution in [0.2, 0.25) is 0 Å². The van der Waals surface area contributed by atoms with Gasteiger partial charge in [-0.05, 0) is 43.2 Å². The van der Waals surface area contributed by atoms with Gasteiger partial charge in [-0.1, -0.05) is 28.1 Å². The number of hydrogen-bond donors (Lipinski definition) is 3. The zero-order chi connectivity index (χ0) is 14.0. The second-order valence-corrected chi connectivity index (χ2v) is 5.47. The summed E-state index contributed by atoms with van der Waals surface area (Å²) in [6, 6.07) is 9.04. The predicted molar refractivity (Wildman–Crippen MR) is 80.7 cm³/mol. The van der Waals surface area contributed by atoms with Gasteiger partial charge in [0.05, 0.1) is 0 Å². The van der Waals surface area contributed by atoms with Crippen LogP contribution in [0.4, 0.5) is 5.69 Å². The Morgan fingerprint density at radius 3 is 2.37 bits per heavy atom. The minimum absolute atomic E-state index is 0.0672. The summed E-state index contributed by atoms with van der Waals surface area (Å²) < 4.78 is 1.05. The molecule has 0 heterocycles. The van der Waals surface area contributed by atoms with Crippen LogP contribution in [0.3, 0.4) is 0 Å². The number of anilines is 1. The Morgan fingerprint density at radius 2 is 1.74 bits per heavy atom. The van der Waals surface area contributed by atoms with Crippen LogP contribution < -0.4 is 5.32 Å². The number of aromatic hydroxyl groups is 2. The Hall–Kier alpha value is -1.68. The van der Waals surface area contributed by atoms with E-state index in [0.717, 1.165) is 21.3 Å². The first-order valence-electron chi connectivity index (χ1n) is 5.99. The van der Waals surface area contributed by atoms with Crippen molar-refractivity contribution < 1.29 is 10.2 Å². The summed E-state index contributed by atoms with van der Waals surface area (Å²) in [5, 5.41) is 22.5. The molecule has 0 radical (unpaired) electrons. The SMILES string of the molecule is Cc1cc(Br)cc(C)c1NCc1cccc(O)c1O. The fraction of sp³-hybridized carbons (Fsp3) is 0.200. The van der Waals surface area contributed by atoms with Crippen LogP contribution in [0.5, 0.6) is 11.5 Å². The molecule has 0 amide bonds. The smallest absolute Gasteiger partial charge is 0.162 e. The van der Waals surface area contributed by atoms with Crippen LogP contribution in [0.15, 0.2) is 34.8 Å². The highest BCUT2D eigenvalue weighted by molar-refractivity contribution is 9.10. The Bertz CT molecular complexity index is 588. The summed E-state index contributed by atoms with van der Waals surface area (Å²) in [6.07, 6.45) is 0. The van der Waals surface area contributed by atoms with E-state index in [2.05, 4.69) is 21.2 Å². The van der Waals surface area contributed by atoms with Gasteiger partial charge in [-0.15, -0.1) is 0 Å². The number of aryl methyl sites for hydroxylation is 2. The molecule has 4 heteroatoms. The molecule has 0 unspecified atom stereocenters. The van der Waals surface area contributed by atoms with Crippen LogP contribution >= 0.6 is 15.9 Å². The lowest BCUT2D eigenvalue weighted by molar-refractivity contribution is 0.400. The average molecular weight is 322 g/mol. The van der Waals surface area contributed by atoms with E-state index < -0.39 is 0 Å². The minimum atomic E-state index is -0.0939. The summed E-state index contributed by atoms with van der Waals surface area (Å²) in [7, 11) is 0. The summed E-state index contributed by atoms with van der Waals surface area (Å²) in [5.41, 5.74) is 3.98. The van der Waals surface area contributed by atoms with E-state index in [1.165, 1.54) is 6.07 Å². The fourth-order valence-electron chi connectivity index (χ4n) is 2.09. The summed E-state index contributed by atoms with van der Waals surface area (Å²) in [5.74, 6) is -0.161. The Balaban J connectivity index is 2.22. The van der Waals surface area contributed by atoms with Crippen molar-refractivity contribution in [1.82, 2.24) is 0 Å². The lowest BCUT2D eigenvalue weighted by atomic mass is 10.1. The molecule has 19 heavy (non-hydrogen) atoms. The van der Waals surface area contributed by atoms with Gasteiger partial charge in [0.1, 0.15) is 0 Å². The molecule has 3 N–H and O–H groups in total. The van der Waals surface area contributed by atoms with Gasteiger partial charge in [0.25, 0.3) is 0 Å². The summed E-state index contributed by atoms with van der Waals surface area (Å²) >= 11 is 3.46. The number of benzene rings is 2. The van der Waals surface area contributed by atoms with E-state index in [1.807, 2.05) is 26.0 Å². The Labute approximate surface area is 121 Å². The van der Waals surface area contributed by atoms with E-state index in [4.69, 9.17) is 0 Å². The second-order valence-electron chi connectivity index (χ2n) is 4.55. The van der Waals surface area contributed by atoms with Crippen molar-refractivity contribution in [2.45, 2.75) is 20.4 Å². The third-order valence-electron chi connectivity index (χ3n) is 3.05. The summed E-state index contributed by atoms with van der Waals surface area (Å²) in [4.78, 5) is 0. The molecular formula is C15H16BrNO2. The number of rotatable bonds is 3. The molecule has 0 bridgehead atoms. The van der Waals surface area contributed by atoms with E-state index in [1.54, 1.807) is 12.1 Å². The summed E-state index contributed by atoms with van der Waals surface area (Å²) in [6.45, 7) is 4.52. The normalized spacial score (nSPS) is 10.5. The Kier molecular flexibility index (Phi) is 4.00. The topological polar surface area (TPSA) is 52.5 Å². The highest BCUT2D eigenvalue weighted by atomic mass is 79.9. The number of halogens is 1. The molecule has 0 aliphatic rings. The van der Waals surface area contributed by atoms with Crippen LogP contribution in [0.25, 0.3) is 0 Å². The molecule has 2 aromatic carbocycles. The zero-order valence-electron chi connectivity index (χ0n) is 10.9. The molecule has 0 aliphatic carbocycles. The number of nitrogens with one attached hydrogen (secondary N) is 1. The molecule has 0 fully saturated rings. The molecule has 0 aliphatic heterocycles. The maximum atomic E-state index is 9.76. The first-order valence-corrected chi connectivity index (χ1v) is 6.79. The van der Waals surface area contributed by atoms with Gasteiger partial charge < -0.3 is 15.5 Å². The predicted octanol–water partition coefficient (Wildman–Crippen LogP) is 4.09. The van der Waals surface area contributed by atoms with Crippen LogP contribution in [-0.2, 0) is 6.54 Å². The van der Waals surface area contributed by atoms with E-state index in [0.29, 0.717) is 12.1 Å². The van der Waals surface area contributed by atoms with Gasteiger partial charge in [-0.3, -0.25) is 0 Å². The number of para-hydroxylation sites is 1. The third kappa shape index (κ3) is 3.01. The van der Waals surface area contributed by atoms with Crippen LogP contribution in [0.1, 0.15) is 16.7 Å². The van der Waals surface area contributed by atoms with Crippen molar-refractivity contribution in [3.05, 3.63) is 51.5 Å². The van der Waals surface area contributed by atoms with Crippen molar-refractivity contribution in [3.63, 3.8) is 0 Å². The van der Waals surface area contributed by atoms with E-state index in [-0.39, 0.29) is 11.5 Å². The van der Waals surface area contributed by atoms with Crippen molar-refractivity contribution in [3.8, 4) is 11.5 Å². The second kappa shape index (κ2) is 5.53. The lowest BCUT2D eigenvalue weighted by Gasteiger charge is -2.14. The van der Waals surface area contributed by atoms with Gasteiger partial charge in [-0.25, -0.2) is 0 Å². The van der Waals surface area contributed by atoms with Crippen molar-refractivity contribution in [2.24, 2.45) is 0 Å². The van der Waals surface area contributed by atoms with Crippen molar-refractivity contribution >= 4 is 21.6 Å². The molecule has 100 valence electrons. The van der Waals surface area contributed by atoms with E-state index in [9.17, 15) is 10.2 Å². The number of phenolic OH excluding ortho intramolecular Hbond substituents is 2. The van der Waals surface area contributed by atoms with Gasteiger partial charge in [0.2, 0.25) is 0 Å². The monoisotopic (exact) mass is 321 g/mol. The molecule has 2 rings (SSSR count). The Morgan fingerprint density at radius 1 is 1.11 bits per heavy atom. The molecule has 0 aromatic heterocycles. The van der Waals surface area contributed by atoms with Gasteiger partial charge >= 0.3 is 0 Å². The van der Waals surface area contributed by atoms with Crippen LogP contribution in [-0.4, -0.2) is 10.2 Å². The van der Waals surface area contributed by atoms with Crippen molar-refractivity contribution in [1.29, 1.82) is 0 Å². The maximum absolute atomic E-state index is 9.76.